The number of nitrogens with zero attached hydrogens (tertiary/aromatic N) is 1. The number of carbonyl (C=O) groups excluding carboxylic acids is 1. The molecule has 24 heavy (non-hydrogen) atoms. The molecule has 1 aliphatic heterocycles. The molecule has 1 amide bonds. The summed E-state index contributed by atoms with van der Waals surface area (Å²) in [6, 6.07) is -1.01. The van der Waals surface area contributed by atoms with E-state index in [1.54, 1.807) is 6.08 Å². The number of hydrogen-bond donors (Lipinski definition) is 1. The Morgan fingerprint density at radius 2 is 2.17 bits per heavy atom. The van der Waals surface area contributed by atoms with Gasteiger partial charge in [-0.05, 0) is 32.6 Å². The third kappa shape index (κ3) is 7.42. The second-order valence-corrected chi connectivity index (χ2v) is 5.97. The molecule has 0 aromatic heterocycles. The van der Waals surface area contributed by atoms with Crippen molar-refractivity contribution in [3.05, 3.63) is 12.7 Å². The van der Waals surface area contributed by atoms with Crippen LogP contribution in [0.3, 0.4) is 0 Å². The number of ether oxygens (including phenoxy) is 3. The number of hydrogen-bond acceptors (Lipinski definition) is 5. The van der Waals surface area contributed by atoms with Gasteiger partial charge in [0, 0.05) is 20.1 Å². The smallest absolute Gasteiger partial charge is 0.328 e. The van der Waals surface area contributed by atoms with Gasteiger partial charge in [-0.3, -0.25) is 4.79 Å². The second kappa shape index (κ2) is 11.2. The number of amides is 1. The van der Waals surface area contributed by atoms with Gasteiger partial charge in [-0.2, -0.15) is 0 Å². The van der Waals surface area contributed by atoms with Gasteiger partial charge < -0.3 is 24.2 Å². The van der Waals surface area contributed by atoms with Gasteiger partial charge in [0.05, 0.1) is 19.3 Å². The van der Waals surface area contributed by atoms with E-state index in [0.717, 1.165) is 19.3 Å². The summed E-state index contributed by atoms with van der Waals surface area (Å²) in [4.78, 5) is 24.5. The van der Waals surface area contributed by atoms with Gasteiger partial charge in [-0.1, -0.05) is 6.08 Å². The maximum absolute atomic E-state index is 11.9. The van der Waals surface area contributed by atoms with Crippen LogP contribution in [0, 0.1) is 0 Å². The zero-order valence-electron chi connectivity index (χ0n) is 14.6. The Morgan fingerprint density at radius 1 is 1.42 bits per heavy atom. The maximum atomic E-state index is 11.9. The first-order valence-electron chi connectivity index (χ1n) is 8.39. The zero-order valence-corrected chi connectivity index (χ0v) is 14.6. The third-order valence-electron chi connectivity index (χ3n) is 3.86. The fraction of sp³-hybridized carbons (Fsp3) is 0.765. The molecular formula is C17H29NO6. The molecule has 0 saturated carbocycles. The molecule has 0 aliphatic carbocycles. The first-order valence-corrected chi connectivity index (χ1v) is 8.39. The summed E-state index contributed by atoms with van der Waals surface area (Å²) >= 11 is 0. The Balaban J connectivity index is 2.35. The molecule has 7 heteroatoms. The number of likely N-dealkylation sites (N-methyl/N-ethyl adjacent to an activating group) is 1. The second-order valence-electron chi connectivity index (χ2n) is 5.97. The molecule has 1 aliphatic rings. The summed E-state index contributed by atoms with van der Waals surface area (Å²) in [5, 5.41) is 9.30. The molecule has 0 radical (unpaired) electrons. The van der Waals surface area contributed by atoms with Crippen molar-refractivity contribution in [2.24, 2.45) is 0 Å². The van der Waals surface area contributed by atoms with E-state index in [1.807, 2.05) is 6.92 Å². The molecule has 138 valence electrons. The van der Waals surface area contributed by atoms with Crippen LogP contribution < -0.4 is 0 Å². The summed E-state index contributed by atoms with van der Waals surface area (Å²) in [6.07, 6.45) is 4.96. The number of carboxylic acid groups (broad SMARTS) is 1. The Morgan fingerprint density at radius 3 is 2.75 bits per heavy atom. The summed E-state index contributed by atoms with van der Waals surface area (Å²) in [6.45, 7) is 6.28. The highest BCUT2D eigenvalue weighted by molar-refractivity contribution is 5.83. The lowest BCUT2D eigenvalue weighted by Gasteiger charge is -2.27. The third-order valence-corrected chi connectivity index (χ3v) is 3.86. The van der Waals surface area contributed by atoms with E-state index in [1.165, 1.54) is 11.9 Å². The summed E-state index contributed by atoms with van der Waals surface area (Å²) in [5.41, 5.74) is 0. The topological polar surface area (TPSA) is 85.3 Å². The first-order chi connectivity index (χ1) is 11.5. The molecule has 1 saturated heterocycles. The first kappa shape index (κ1) is 20.6. The lowest BCUT2D eigenvalue weighted by atomic mass is 10.2. The number of carbonyl (C=O) groups is 2. The quantitative estimate of drug-likeness (QED) is 0.576. The van der Waals surface area contributed by atoms with E-state index in [2.05, 4.69) is 6.58 Å². The van der Waals surface area contributed by atoms with Crippen molar-refractivity contribution in [1.82, 2.24) is 4.90 Å². The minimum absolute atomic E-state index is 0.0785. The molecule has 1 heterocycles. The average Bonchev–Trinajstić information content (AvgIpc) is 2.56. The Labute approximate surface area is 143 Å². The molecule has 1 N–H and O–H groups in total. The van der Waals surface area contributed by atoms with Gasteiger partial charge in [0.15, 0.2) is 12.3 Å². The molecule has 0 aromatic rings. The van der Waals surface area contributed by atoms with Crippen LogP contribution in [-0.2, 0) is 23.8 Å². The lowest BCUT2D eigenvalue weighted by molar-refractivity contribution is -0.195. The summed E-state index contributed by atoms with van der Waals surface area (Å²) in [7, 11) is 1.48. The van der Waals surface area contributed by atoms with Crippen LogP contribution in [0.4, 0.5) is 0 Å². The molecule has 1 rings (SSSR count). The van der Waals surface area contributed by atoms with Crippen molar-refractivity contribution in [2.45, 2.75) is 57.5 Å². The van der Waals surface area contributed by atoms with Gasteiger partial charge in [0.2, 0.25) is 5.91 Å². The highest BCUT2D eigenvalue weighted by atomic mass is 16.7. The Bertz CT molecular complexity index is 408. The van der Waals surface area contributed by atoms with Crippen LogP contribution in [0.5, 0.6) is 0 Å². The number of rotatable bonds is 11. The van der Waals surface area contributed by atoms with Crippen molar-refractivity contribution < 1.29 is 28.9 Å². The van der Waals surface area contributed by atoms with Gasteiger partial charge in [-0.25, -0.2) is 4.79 Å². The summed E-state index contributed by atoms with van der Waals surface area (Å²) < 4.78 is 16.7. The van der Waals surface area contributed by atoms with Crippen LogP contribution in [0.1, 0.15) is 39.0 Å². The van der Waals surface area contributed by atoms with Gasteiger partial charge in [0.1, 0.15) is 0 Å². The highest BCUT2D eigenvalue weighted by Gasteiger charge is 2.27. The minimum atomic E-state index is -1.09. The molecule has 7 nitrogen and oxygen atoms in total. The highest BCUT2D eigenvalue weighted by Crippen LogP contribution is 2.15. The molecule has 1 unspecified atom stereocenters. The maximum Gasteiger partial charge on any atom is 0.328 e. The largest absolute Gasteiger partial charge is 0.480 e. The van der Waals surface area contributed by atoms with E-state index in [4.69, 9.17) is 14.2 Å². The van der Waals surface area contributed by atoms with E-state index < -0.39 is 12.0 Å². The number of allylic oxidation sites excluding steroid dienone is 1. The van der Waals surface area contributed by atoms with Crippen LogP contribution in [0.15, 0.2) is 12.7 Å². The zero-order chi connectivity index (χ0) is 17.9. The lowest BCUT2D eigenvalue weighted by Crippen LogP contribution is -2.45. The van der Waals surface area contributed by atoms with Crippen LogP contribution in [0.2, 0.25) is 0 Å². The van der Waals surface area contributed by atoms with Gasteiger partial charge in [0.25, 0.3) is 0 Å². The average molecular weight is 343 g/mol. The Hall–Kier alpha value is -1.44. The fourth-order valence-electron chi connectivity index (χ4n) is 2.39. The van der Waals surface area contributed by atoms with E-state index >= 15 is 0 Å². The van der Waals surface area contributed by atoms with Crippen LogP contribution in [-0.4, -0.2) is 67.2 Å². The van der Waals surface area contributed by atoms with E-state index in [-0.39, 0.29) is 37.9 Å². The van der Waals surface area contributed by atoms with Crippen molar-refractivity contribution in [3.8, 4) is 0 Å². The van der Waals surface area contributed by atoms with Gasteiger partial charge in [-0.15, -0.1) is 6.58 Å². The van der Waals surface area contributed by atoms with Crippen molar-refractivity contribution in [2.75, 3.05) is 26.9 Å². The minimum Gasteiger partial charge on any atom is -0.480 e. The Kier molecular flexibility index (Phi) is 9.59. The molecule has 1 fully saturated rings. The molecule has 3 atom stereocenters. The predicted molar refractivity (Wildman–Crippen MR) is 88.6 cm³/mol. The normalized spacial score (nSPS) is 20.2. The van der Waals surface area contributed by atoms with Crippen molar-refractivity contribution in [3.63, 3.8) is 0 Å². The van der Waals surface area contributed by atoms with Crippen molar-refractivity contribution in [1.29, 1.82) is 0 Å². The monoisotopic (exact) mass is 343 g/mol. The van der Waals surface area contributed by atoms with E-state index in [0.29, 0.717) is 13.0 Å². The van der Waals surface area contributed by atoms with Crippen molar-refractivity contribution >= 4 is 11.9 Å². The van der Waals surface area contributed by atoms with E-state index in [9.17, 15) is 14.7 Å². The number of aliphatic carboxylic acids is 1. The van der Waals surface area contributed by atoms with Gasteiger partial charge >= 0.3 is 5.97 Å². The fourth-order valence-corrected chi connectivity index (χ4v) is 2.39. The SMILES string of the molecule is C=CCCC(=O)N(C)[C@@H](COC[C@@H](C)OC1CCCCO1)C(=O)O. The molecule has 0 bridgehead atoms. The number of carboxylic acids is 1. The molecule has 0 aromatic carbocycles. The summed E-state index contributed by atoms with van der Waals surface area (Å²) in [5.74, 6) is -1.33. The standard InChI is InChI=1S/C17H29NO6/c1-4-5-8-15(19)18(3)14(17(20)21)12-22-11-13(2)24-16-9-6-7-10-23-16/h4,13-14,16H,1,5-12H2,2-3H3,(H,20,21)/t13-,14+,16?/m1/s1. The molecule has 0 spiro atoms. The van der Waals surface area contributed by atoms with Crippen LogP contribution in [0.25, 0.3) is 0 Å². The molecular weight excluding hydrogens is 314 g/mol. The van der Waals surface area contributed by atoms with Crippen LogP contribution >= 0.6 is 0 Å². The predicted octanol–water partition coefficient (Wildman–Crippen LogP) is 1.81.